The fourth-order valence-electron chi connectivity index (χ4n) is 1.64. The molecule has 0 radical (unpaired) electrons. The van der Waals surface area contributed by atoms with Gasteiger partial charge in [0.15, 0.2) is 0 Å². The summed E-state index contributed by atoms with van der Waals surface area (Å²) in [5.74, 6) is 0.369. The third-order valence-corrected chi connectivity index (χ3v) is 2.47. The van der Waals surface area contributed by atoms with E-state index in [0.717, 1.165) is 39.0 Å². The second-order valence-corrected chi connectivity index (χ2v) is 3.75. The van der Waals surface area contributed by atoms with Crippen LogP contribution in [0.25, 0.3) is 0 Å². The fraction of sp³-hybridized carbons (Fsp3) is 0.727. The maximum absolute atomic E-state index is 11.5. The summed E-state index contributed by atoms with van der Waals surface area (Å²) in [4.78, 5) is 13.7. The monoisotopic (exact) mass is 196 g/mol. The van der Waals surface area contributed by atoms with Crippen LogP contribution in [0.1, 0.15) is 19.3 Å². The van der Waals surface area contributed by atoms with E-state index < -0.39 is 0 Å². The number of nitrogens with zero attached hydrogens (tertiary/aromatic N) is 1. The maximum atomic E-state index is 11.5. The molecule has 1 aliphatic rings. The molecule has 14 heavy (non-hydrogen) atoms. The van der Waals surface area contributed by atoms with Crippen molar-refractivity contribution in [3.05, 3.63) is 12.7 Å². The van der Waals surface area contributed by atoms with Gasteiger partial charge in [0.25, 0.3) is 0 Å². The van der Waals surface area contributed by atoms with Crippen LogP contribution in [0.2, 0.25) is 0 Å². The molecule has 1 rings (SSSR count). The van der Waals surface area contributed by atoms with Crippen molar-refractivity contribution >= 4 is 5.78 Å². The molecule has 0 aromatic rings. The number of unbranched alkanes of at least 4 members (excludes halogenated alkanes) is 1. The number of hydrogen-bond acceptors (Lipinski definition) is 3. The number of Topliss-reactive ketones (excluding diaryl/α,β-unsaturated/α-hetero) is 1. The summed E-state index contributed by atoms with van der Waals surface area (Å²) >= 11 is 0. The standard InChI is InChI=1S/C11H20N2O/c1-2-3-4-5-11(14)10-13-8-6-12-7-9-13/h2,12H,1,3-10H2. The minimum atomic E-state index is 0.369. The normalized spacial score (nSPS) is 18.0. The zero-order chi connectivity index (χ0) is 10.2. The lowest BCUT2D eigenvalue weighted by atomic mass is 10.1. The molecule has 3 nitrogen and oxygen atoms in total. The molecule has 0 aromatic heterocycles. The lowest BCUT2D eigenvalue weighted by Gasteiger charge is -2.26. The van der Waals surface area contributed by atoms with E-state index in [4.69, 9.17) is 0 Å². The average Bonchev–Trinajstić information content (AvgIpc) is 2.20. The van der Waals surface area contributed by atoms with Crippen molar-refractivity contribution in [3.8, 4) is 0 Å². The van der Waals surface area contributed by atoms with Gasteiger partial charge in [-0.05, 0) is 12.8 Å². The third-order valence-electron chi connectivity index (χ3n) is 2.47. The lowest BCUT2D eigenvalue weighted by Crippen LogP contribution is -2.45. The quantitative estimate of drug-likeness (QED) is 0.504. The Labute approximate surface area is 86.2 Å². The predicted molar refractivity (Wildman–Crippen MR) is 58.4 cm³/mol. The number of ketones is 1. The van der Waals surface area contributed by atoms with Crippen molar-refractivity contribution in [2.75, 3.05) is 32.7 Å². The highest BCUT2D eigenvalue weighted by Crippen LogP contribution is 2.00. The first-order chi connectivity index (χ1) is 6.83. The van der Waals surface area contributed by atoms with E-state index in [0.29, 0.717) is 18.7 Å². The number of carbonyl (C=O) groups excluding carboxylic acids is 1. The van der Waals surface area contributed by atoms with Gasteiger partial charge in [0, 0.05) is 32.6 Å². The zero-order valence-electron chi connectivity index (χ0n) is 8.80. The second kappa shape index (κ2) is 6.74. The minimum absolute atomic E-state index is 0.369. The van der Waals surface area contributed by atoms with Gasteiger partial charge < -0.3 is 5.32 Å². The molecule has 1 saturated heterocycles. The third kappa shape index (κ3) is 4.53. The number of rotatable bonds is 6. The average molecular weight is 196 g/mol. The number of carbonyl (C=O) groups is 1. The highest BCUT2D eigenvalue weighted by Gasteiger charge is 2.12. The molecule has 0 amide bonds. The Balaban J connectivity index is 2.09. The summed E-state index contributed by atoms with van der Waals surface area (Å²) in [7, 11) is 0. The van der Waals surface area contributed by atoms with Gasteiger partial charge in [-0.3, -0.25) is 9.69 Å². The maximum Gasteiger partial charge on any atom is 0.146 e. The minimum Gasteiger partial charge on any atom is -0.314 e. The van der Waals surface area contributed by atoms with E-state index in [-0.39, 0.29) is 0 Å². The molecule has 80 valence electrons. The van der Waals surface area contributed by atoms with Crippen LogP contribution in [-0.2, 0) is 4.79 Å². The fourth-order valence-corrected chi connectivity index (χ4v) is 1.64. The van der Waals surface area contributed by atoms with Gasteiger partial charge in [0.2, 0.25) is 0 Å². The Morgan fingerprint density at radius 1 is 1.43 bits per heavy atom. The van der Waals surface area contributed by atoms with E-state index in [1.54, 1.807) is 0 Å². The summed E-state index contributed by atoms with van der Waals surface area (Å²) in [6.45, 7) is 8.32. The van der Waals surface area contributed by atoms with E-state index in [1.807, 2.05) is 6.08 Å². The van der Waals surface area contributed by atoms with Crippen LogP contribution in [0, 0.1) is 0 Å². The number of allylic oxidation sites excluding steroid dienone is 1. The number of nitrogens with one attached hydrogen (secondary N) is 1. The summed E-state index contributed by atoms with van der Waals surface area (Å²) in [5, 5.41) is 3.27. The molecule has 0 aliphatic carbocycles. The second-order valence-electron chi connectivity index (χ2n) is 3.75. The molecule has 0 bridgehead atoms. The van der Waals surface area contributed by atoms with Crippen molar-refractivity contribution in [1.29, 1.82) is 0 Å². The molecule has 1 aliphatic heterocycles. The number of piperazine rings is 1. The van der Waals surface area contributed by atoms with Crippen molar-refractivity contribution in [2.24, 2.45) is 0 Å². The van der Waals surface area contributed by atoms with Crippen LogP contribution < -0.4 is 5.32 Å². The molecule has 0 saturated carbocycles. The van der Waals surface area contributed by atoms with E-state index >= 15 is 0 Å². The Morgan fingerprint density at radius 3 is 2.79 bits per heavy atom. The molecular weight excluding hydrogens is 176 g/mol. The summed E-state index contributed by atoms with van der Waals surface area (Å²) < 4.78 is 0. The van der Waals surface area contributed by atoms with E-state index in [1.165, 1.54) is 0 Å². The van der Waals surface area contributed by atoms with Gasteiger partial charge >= 0.3 is 0 Å². The van der Waals surface area contributed by atoms with Crippen molar-refractivity contribution in [3.63, 3.8) is 0 Å². The van der Waals surface area contributed by atoms with Gasteiger partial charge in [-0.1, -0.05) is 6.08 Å². The molecule has 3 heteroatoms. The van der Waals surface area contributed by atoms with Gasteiger partial charge in [0.05, 0.1) is 6.54 Å². The molecule has 1 fully saturated rings. The predicted octanol–water partition coefficient (Wildman–Crippen LogP) is 0.817. The van der Waals surface area contributed by atoms with Crippen molar-refractivity contribution < 1.29 is 4.79 Å². The SMILES string of the molecule is C=CCCCC(=O)CN1CCNCC1. The van der Waals surface area contributed by atoms with Crippen LogP contribution in [0.4, 0.5) is 0 Å². The molecule has 0 spiro atoms. The van der Waals surface area contributed by atoms with Crippen LogP contribution in [-0.4, -0.2) is 43.4 Å². The Morgan fingerprint density at radius 2 is 2.14 bits per heavy atom. The molecule has 0 unspecified atom stereocenters. The topological polar surface area (TPSA) is 32.3 Å². The van der Waals surface area contributed by atoms with Gasteiger partial charge in [-0.2, -0.15) is 0 Å². The van der Waals surface area contributed by atoms with E-state index in [9.17, 15) is 4.79 Å². The van der Waals surface area contributed by atoms with Gasteiger partial charge in [-0.15, -0.1) is 6.58 Å². The molecule has 1 heterocycles. The highest BCUT2D eigenvalue weighted by atomic mass is 16.1. The number of hydrogen-bond donors (Lipinski definition) is 1. The van der Waals surface area contributed by atoms with Gasteiger partial charge in [0.1, 0.15) is 5.78 Å². The zero-order valence-corrected chi connectivity index (χ0v) is 8.80. The van der Waals surface area contributed by atoms with Crippen molar-refractivity contribution in [1.82, 2.24) is 10.2 Å². The lowest BCUT2D eigenvalue weighted by molar-refractivity contribution is -0.120. The van der Waals surface area contributed by atoms with Crippen LogP contribution >= 0.6 is 0 Å². The van der Waals surface area contributed by atoms with Crippen LogP contribution in [0.3, 0.4) is 0 Å². The molecular formula is C11H20N2O. The van der Waals surface area contributed by atoms with Gasteiger partial charge in [-0.25, -0.2) is 0 Å². The Kier molecular flexibility index (Phi) is 5.49. The largest absolute Gasteiger partial charge is 0.314 e. The first-order valence-electron chi connectivity index (χ1n) is 5.38. The van der Waals surface area contributed by atoms with Crippen LogP contribution in [0.15, 0.2) is 12.7 Å². The Bertz CT molecular complexity index is 186. The van der Waals surface area contributed by atoms with Crippen molar-refractivity contribution in [2.45, 2.75) is 19.3 Å². The molecule has 1 N–H and O–H groups in total. The summed E-state index contributed by atoms with van der Waals surface area (Å²) in [5.41, 5.74) is 0. The first-order valence-corrected chi connectivity index (χ1v) is 5.38. The summed E-state index contributed by atoms with van der Waals surface area (Å²) in [6, 6.07) is 0. The highest BCUT2D eigenvalue weighted by molar-refractivity contribution is 5.80. The Hall–Kier alpha value is -0.670. The van der Waals surface area contributed by atoms with E-state index in [2.05, 4.69) is 16.8 Å². The van der Waals surface area contributed by atoms with Crippen LogP contribution in [0.5, 0.6) is 0 Å². The molecule has 0 atom stereocenters. The first kappa shape index (κ1) is 11.4. The molecule has 0 aromatic carbocycles. The summed E-state index contributed by atoms with van der Waals surface area (Å²) in [6.07, 6.45) is 4.48. The smallest absolute Gasteiger partial charge is 0.146 e.